The zero-order valence-corrected chi connectivity index (χ0v) is 18.3. The maximum Gasteiger partial charge on any atom is 0.290 e. The summed E-state index contributed by atoms with van der Waals surface area (Å²) in [6.07, 6.45) is 2.30. The number of hydrogen-bond donors (Lipinski definition) is 1. The number of furan rings is 1. The molecule has 0 radical (unpaired) electrons. The van der Waals surface area contributed by atoms with E-state index in [1.54, 1.807) is 11.0 Å². The fourth-order valence-electron chi connectivity index (χ4n) is 3.76. The van der Waals surface area contributed by atoms with E-state index in [4.69, 9.17) is 9.15 Å². The highest BCUT2D eigenvalue weighted by Gasteiger charge is 2.44. The predicted molar refractivity (Wildman–Crippen MR) is 117 cm³/mol. The van der Waals surface area contributed by atoms with Crippen molar-refractivity contribution in [3.8, 4) is 5.75 Å². The van der Waals surface area contributed by atoms with E-state index in [0.29, 0.717) is 19.7 Å². The number of ether oxygens (including phenoxy) is 1. The van der Waals surface area contributed by atoms with Crippen LogP contribution in [0.4, 0.5) is 0 Å². The molecule has 0 unspecified atom stereocenters. The van der Waals surface area contributed by atoms with Crippen molar-refractivity contribution < 1.29 is 23.8 Å². The summed E-state index contributed by atoms with van der Waals surface area (Å²) in [5, 5.41) is 10.7. The molecule has 1 aliphatic rings. The summed E-state index contributed by atoms with van der Waals surface area (Å²) in [6.45, 7) is 9.49. The molecule has 31 heavy (non-hydrogen) atoms. The van der Waals surface area contributed by atoms with Gasteiger partial charge in [-0.1, -0.05) is 32.9 Å². The van der Waals surface area contributed by atoms with Crippen molar-refractivity contribution in [3.05, 3.63) is 65.3 Å². The molecule has 7 heteroatoms. The molecule has 1 aliphatic heterocycles. The normalized spacial score (nSPS) is 16.5. The Hall–Kier alpha value is -3.06. The summed E-state index contributed by atoms with van der Waals surface area (Å²) in [5.41, 5.74) is 0.775. The second-order valence-electron chi connectivity index (χ2n) is 7.41. The summed E-state index contributed by atoms with van der Waals surface area (Å²) < 4.78 is 10.9. The molecule has 0 saturated carbocycles. The third kappa shape index (κ3) is 4.82. The van der Waals surface area contributed by atoms with Crippen LogP contribution in [0.2, 0.25) is 0 Å². The fourth-order valence-corrected chi connectivity index (χ4v) is 3.76. The number of ketones is 1. The van der Waals surface area contributed by atoms with Gasteiger partial charge in [0.25, 0.3) is 5.91 Å². The number of carbonyl (C=O) groups excluding carboxylic acids is 2. The maximum absolute atomic E-state index is 13.1. The number of carbonyl (C=O) groups is 2. The summed E-state index contributed by atoms with van der Waals surface area (Å²) in [6, 6.07) is 9.76. The number of aliphatic hydroxyl groups is 1. The number of rotatable bonds is 11. The van der Waals surface area contributed by atoms with Gasteiger partial charge < -0.3 is 24.1 Å². The number of Topliss-reactive ketones (excluding diaryl/α,β-unsaturated/α-hetero) is 1. The molecule has 0 aliphatic carbocycles. The van der Waals surface area contributed by atoms with Gasteiger partial charge in [0, 0.05) is 13.1 Å². The molecule has 166 valence electrons. The van der Waals surface area contributed by atoms with Gasteiger partial charge in [0.15, 0.2) is 11.5 Å². The first-order valence-corrected chi connectivity index (χ1v) is 10.8. The van der Waals surface area contributed by atoms with Crippen molar-refractivity contribution in [1.82, 2.24) is 9.80 Å². The average Bonchev–Trinajstić information content (AvgIpc) is 3.41. The monoisotopic (exact) mass is 426 g/mol. The Labute approximate surface area is 182 Å². The lowest BCUT2D eigenvalue weighted by molar-refractivity contribution is -0.129. The molecule has 2 heterocycles. The zero-order valence-electron chi connectivity index (χ0n) is 18.3. The van der Waals surface area contributed by atoms with E-state index in [1.807, 2.05) is 31.2 Å². The van der Waals surface area contributed by atoms with Crippen molar-refractivity contribution in [2.24, 2.45) is 0 Å². The molecule has 7 nitrogen and oxygen atoms in total. The van der Waals surface area contributed by atoms with Crippen LogP contribution in [0, 0.1) is 0 Å². The molecule has 0 spiro atoms. The molecule has 0 bridgehead atoms. The first-order chi connectivity index (χ1) is 15.0. The van der Waals surface area contributed by atoms with E-state index in [2.05, 4.69) is 18.7 Å². The molecule has 0 fully saturated rings. The fraction of sp³-hybridized carbons (Fsp3) is 0.417. The molecule has 3 rings (SSSR count). The SMILES string of the molecule is CCCOc1ccc([C@@H]2C(C(=O)c3ccco3)=C(O)C(=O)N2CCN(CC)CC)cc1. The van der Waals surface area contributed by atoms with Crippen molar-refractivity contribution in [2.75, 3.05) is 32.8 Å². The number of nitrogens with zero attached hydrogens (tertiary/aromatic N) is 2. The molecular weight excluding hydrogens is 396 g/mol. The van der Waals surface area contributed by atoms with Crippen LogP contribution in [0.15, 0.2) is 58.4 Å². The average molecular weight is 427 g/mol. The van der Waals surface area contributed by atoms with Gasteiger partial charge in [0.05, 0.1) is 24.5 Å². The Morgan fingerprint density at radius 3 is 2.45 bits per heavy atom. The van der Waals surface area contributed by atoms with Gasteiger partial charge in [-0.3, -0.25) is 9.59 Å². The Morgan fingerprint density at radius 2 is 1.87 bits per heavy atom. The van der Waals surface area contributed by atoms with Crippen LogP contribution in [0.5, 0.6) is 5.75 Å². The second-order valence-corrected chi connectivity index (χ2v) is 7.41. The third-order valence-corrected chi connectivity index (χ3v) is 5.51. The van der Waals surface area contributed by atoms with Gasteiger partial charge in [-0.2, -0.15) is 0 Å². The molecule has 0 saturated heterocycles. The van der Waals surface area contributed by atoms with Gasteiger partial charge >= 0.3 is 0 Å². The Bertz CT molecular complexity index is 914. The first-order valence-electron chi connectivity index (χ1n) is 10.8. The van der Waals surface area contributed by atoms with E-state index >= 15 is 0 Å². The van der Waals surface area contributed by atoms with Gasteiger partial charge in [-0.15, -0.1) is 0 Å². The lowest BCUT2D eigenvalue weighted by Gasteiger charge is -2.29. The Kier molecular flexibility index (Phi) is 7.52. The van der Waals surface area contributed by atoms with Crippen LogP contribution >= 0.6 is 0 Å². The quantitative estimate of drug-likeness (QED) is 0.547. The maximum atomic E-state index is 13.1. The molecular formula is C24H30N2O5. The highest BCUT2D eigenvalue weighted by atomic mass is 16.5. The highest BCUT2D eigenvalue weighted by Crippen LogP contribution is 2.39. The minimum Gasteiger partial charge on any atom is -0.503 e. The van der Waals surface area contributed by atoms with Crippen molar-refractivity contribution in [1.29, 1.82) is 0 Å². The van der Waals surface area contributed by atoms with Gasteiger partial charge in [0.2, 0.25) is 5.78 Å². The summed E-state index contributed by atoms with van der Waals surface area (Å²) in [5.74, 6) is -0.738. The van der Waals surface area contributed by atoms with E-state index in [1.165, 1.54) is 12.3 Å². The summed E-state index contributed by atoms with van der Waals surface area (Å²) in [7, 11) is 0. The molecule has 1 N–H and O–H groups in total. The molecule has 2 aromatic rings. The number of hydrogen-bond acceptors (Lipinski definition) is 6. The van der Waals surface area contributed by atoms with E-state index in [0.717, 1.165) is 30.8 Å². The van der Waals surface area contributed by atoms with Crippen LogP contribution in [-0.2, 0) is 4.79 Å². The predicted octanol–water partition coefficient (Wildman–Crippen LogP) is 3.99. The van der Waals surface area contributed by atoms with Crippen molar-refractivity contribution in [3.63, 3.8) is 0 Å². The van der Waals surface area contributed by atoms with Crippen molar-refractivity contribution in [2.45, 2.75) is 33.2 Å². The van der Waals surface area contributed by atoms with Crippen molar-refractivity contribution >= 4 is 11.7 Å². The summed E-state index contributed by atoms with van der Waals surface area (Å²) in [4.78, 5) is 29.8. The van der Waals surface area contributed by atoms with Crippen LogP contribution in [0.1, 0.15) is 49.4 Å². The minimum atomic E-state index is -0.694. The van der Waals surface area contributed by atoms with E-state index in [-0.39, 0.29) is 11.3 Å². The minimum absolute atomic E-state index is 0.0433. The van der Waals surface area contributed by atoms with Crippen LogP contribution in [0.3, 0.4) is 0 Å². The highest BCUT2D eigenvalue weighted by molar-refractivity contribution is 6.15. The number of benzene rings is 1. The molecule has 1 aromatic heterocycles. The number of likely N-dealkylation sites (N-methyl/N-ethyl adjacent to an activating group) is 1. The third-order valence-electron chi connectivity index (χ3n) is 5.51. The van der Waals surface area contributed by atoms with Crippen LogP contribution in [-0.4, -0.2) is 59.4 Å². The number of amides is 1. The largest absolute Gasteiger partial charge is 0.503 e. The van der Waals surface area contributed by atoms with Gasteiger partial charge in [-0.05, 0) is 49.3 Å². The van der Waals surface area contributed by atoms with E-state index < -0.39 is 23.5 Å². The van der Waals surface area contributed by atoms with Crippen LogP contribution in [0.25, 0.3) is 0 Å². The number of aliphatic hydroxyl groups excluding tert-OH is 1. The second kappa shape index (κ2) is 10.3. The molecule has 1 atom stereocenters. The van der Waals surface area contributed by atoms with E-state index in [9.17, 15) is 14.7 Å². The van der Waals surface area contributed by atoms with Crippen LogP contribution < -0.4 is 4.74 Å². The lowest BCUT2D eigenvalue weighted by atomic mass is 9.95. The van der Waals surface area contributed by atoms with Gasteiger partial charge in [0.1, 0.15) is 5.75 Å². The smallest absolute Gasteiger partial charge is 0.290 e. The molecule has 1 aromatic carbocycles. The Morgan fingerprint density at radius 1 is 1.16 bits per heavy atom. The lowest BCUT2D eigenvalue weighted by Crippen LogP contribution is -2.38. The topological polar surface area (TPSA) is 83.2 Å². The summed E-state index contributed by atoms with van der Waals surface area (Å²) >= 11 is 0. The zero-order chi connectivity index (χ0) is 22.4. The standard InChI is InChI=1S/C24H30N2O5/c1-4-15-30-18-11-9-17(10-12-18)21-20(22(27)19-8-7-16-31-19)23(28)24(29)26(21)14-13-25(5-2)6-3/h7-12,16,21,28H,4-6,13-15H2,1-3H3/t21-/m1/s1. The first kappa shape index (κ1) is 22.6. The Balaban J connectivity index is 1.95. The van der Waals surface area contributed by atoms with Gasteiger partial charge in [-0.25, -0.2) is 0 Å². The molecule has 1 amide bonds.